The fourth-order valence-corrected chi connectivity index (χ4v) is 3.93. The van der Waals surface area contributed by atoms with Crippen molar-refractivity contribution in [2.24, 2.45) is 0 Å². The molecule has 30 heavy (non-hydrogen) atoms. The first-order valence-electron chi connectivity index (χ1n) is 9.83. The average molecular weight is 424 g/mol. The van der Waals surface area contributed by atoms with Gasteiger partial charge in [0.2, 0.25) is 5.91 Å². The lowest BCUT2D eigenvalue weighted by Gasteiger charge is -2.08. The van der Waals surface area contributed by atoms with Gasteiger partial charge in [-0.25, -0.2) is 4.39 Å². The number of benzene rings is 2. The fraction of sp³-hybridized carbons (Fsp3) is 0.227. The van der Waals surface area contributed by atoms with Gasteiger partial charge in [0.1, 0.15) is 5.82 Å². The lowest BCUT2D eigenvalue weighted by molar-refractivity contribution is -0.121. The quantitative estimate of drug-likeness (QED) is 0.383. The van der Waals surface area contributed by atoms with Crippen LogP contribution in [0.2, 0.25) is 0 Å². The first-order chi connectivity index (χ1) is 14.6. The van der Waals surface area contributed by atoms with Crippen LogP contribution in [0.15, 0.2) is 48.5 Å². The Morgan fingerprint density at radius 1 is 1.23 bits per heavy atom. The zero-order chi connectivity index (χ0) is 21.1. The van der Waals surface area contributed by atoms with E-state index in [-0.39, 0.29) is 18.1 Å². The highest BCUT2D eigenvalue weighted by atomic mass is 32.1. The van der Waals surface area contributed by atoms with Crippen LogP contribution in [0.25, 0.3) is 22.2 Å². The number of fused-ring (bicyclic) bond motifs is 1. The number of nitrogens with one attached hydrogen (secondary N) is 3. The molecule has 0 saturated carbocycles. The maximum atomic E-state index is 13.9. The Labute approximate surface area is 178 Å². The number of H-pyrrole nitrogens is 2. The Bertz CT molecular complexity index is 1240. The van der Waals surface area contributed by atoms with Gasteiger partial charge in [0.25, 0.3) is 0 Å². The lowest BCUT2D eigenvalue weighted by atomic mass is 10.0. The summed E-state index contributed by atoms with van der Waals surface area (Å²) in [6, 6.07) is 14.5. The number of aromatic nitrogens is 4. The Hall–Kier alpha value is -3.26. The molecule has 6 nitrogen and oxygen atoms in total. The minimum atomic E-state index is -0.297. The minimum absolute atomic E-state index is 0.101. The van der Waals surface area contributed by atoms with Crippen molar-refractivity contribution in [2.75, 3.05) is 0 Å². The summed E-state index contributed by atoms with van der Waals surface area (Å²) in [7, 11) is 0. The molecule has 8 heteroatoms. The summed E-state index contributed by atoms with van der Waals surface area (Å²) in [5.74, 6) is 0.292. The molecule has 2 aromatic heterocycles. The molecule has 0 atom stereocenters. The summed E-state index contributed by atoms with van der Waals surface area (Å²) in [6.45, 7) is 2.95. The van der Waals surface area contributed by atoms with E-state index in [1.807, 2.05) is 41.8 Å². The predicted molar refractivity (Wildman–Crippen MR) is 117 cm³/mol. The molecule has 2 aromatic carbocycles. The third-order valence-corrected chi connectivity index (χ3v) is 5.44. The third kappa shape index (κ3) is 4.04. The monoisotopic (exact) mass is 423 g/mol. The van der Waals surface area contributed by atoms with E-state index >= 15 is 0 Å². The van der Waals surface area contributed by atoms with Gasteiger partial charge in [-0.1, -0.05) is 30.3 Å². The van der Waals surface area contributed by atoms with E-state index in [0.717, 1.165) is 27.7 Å². The number of rotatable bonds is 7. The van der Waals surface area contributed by atoms with Crippen LogP contribution in [-0.4, -0.2) is 25.7 Å². The normalized spacial score (nSPS) is 11.1. The summed E-state index contributed by atoms with van der Waals surface area (Å²) >= 11 is 5.17. The van der Waals surface area contributed by atoms with Crippen molar-refractivity contribution in [3.63, 3.8) is 0 Å². The maximum absolute atomic E-state index is 13.9. The summed E-state index contributed by atoms with van der Waals surface area (Å²) in [5, 5.41) is 10.6. The second-order valence-electron chi connectivity index (χ2n) is 7.00. The molecule has 0 unspecified atom stereocenters. The maximum Gasteiger partial charge on any atom is 0.220 e. The molecule has 0 bridgehead atoms. The molecule has 1 amide bonds. The van der Waals surface area contributed by atoms with Gasteiger partial charge in [0, 0.05) is 29.6 Å². The first-order valence-corrected chi connectivity index (χ1v) is 10.2. The highest BCUT2D eigenvalue weighted by Gasteiger charge is 2.15. The van der Waals surface area contributed by atoms with Crippen molar-refractivity contribution >= 4 is 29.0 Å². The van der Waals surface area contributed by atoms with Gasteiger partial charge in [-0.2, -0.15) is 5.10 Å². The van der Waals surface area contributed by atoms with Gasteiger partial charge in [0.05, 0.1) is 6.54 Å². The van der Waals surface area contributed by atoms with E-state index < -0.39 is 0 Å². The fourth-order valence-electron chi connectivity index (χ4n) is 3.65. The second kappa shape index (κ2) is 8.62. The van der Waals surface area contributed by atoms with Crippen LogP contribution in [0.3, 0.4) is 0 Å². The van der Waals surface area contributed by atoms with Gasteiger partial charge >= 0.3 is 0 Å². The molecule has 0 saturated heterocycles. The number of hydrogen-bond donors (Lipinski definition) is 3. The van der Waals surface area contributed by atoms with Crippen molar-refractivity contribution in [1.29, 1.82) is 0 Å². The van der Waals surface area contributed by atoms with Gasteiger partial charge in [-0.3, -0.25) is 9.89 Å². The van der Waals surface area contributed by atoms with Crippen molar-refractivity contribution in [1.82, 2.24) is 25.1 Å². The number of carbonyl (C=O) groups excluding carboxylic acids is 1. The van der Waals surface area contributed by atoms with Gasteiger partial charge in [0.15, 0.2) is 10.6 Å². The Morgan fingerprint density at radius 3 is 2.80 bits per heavy atom. The number of carbonyl (C=O) groups is 1. The Morgan fingerprint density at radius 2 is 2.03 bits per heavy atom. The van der Waals surface area contributed by atoms with Crippen LogP contribution in [0, 0.1) is 10.6 Å². The van der Waals surface area contributed by atoms with E-state index in [1.165, 1.54) is 12.1 Å². The van der Waals surface area contributed by atoms with Crippen LogP contribution in [0.1, 0.15) is 24.7 Å². The van der Waals surface area contributed by atoms with Crippen LogP contribution >= 0.6 is 12.2 Å². The molecule has 4 rings (SSSR count). The SMILES string of the molecule is CCn1c(CNC(=O)CCc2c(-c3ccccc3)[nH]c3ccc(F)cc23)n[nH]c1=S. The number of nitrogens with zero attached hydrogens (tertiary/aromatic N) is 2. The summed E-state index contributed by atoms with van der Waals surface area (Å²) < 4.78 is 16.3. The summed E-state index contributed by atoms with van der Waals surface area (Å²) in [4.78, 5) is 15.9. The number of hydrogen-bond acceptors (Lipinski definition) is 3. The predicted octanol–water partition coefficient (Wildman–Crippen LogP) is 4.50. The van der Waals surface area contributed by atoms with E-state index in [0.29, 0.717) is 30.1 Å². The molecular weight excluding hydrogens is 401 g/mol. The molecule has 0 spiro atoms. The molecule has 2 heterocycles. The Kier molecular flexibility index (Phi) is 5.76. The zero-order valence-corrected chi connectivity index (χ0v) is 17.4. The molecule has 0 aliphatic carbocycles. The molecule has 0 radical (unpaired) electrons. The van der Waals surface area contributed by atoms with E-state index in [9.17, 15) is 9.18 Å². The molecule has 0 aliphatic rings. The molecule has 4 aromatic rings. The Balaban J connectivity index is 1.53. The summed E-state index contributed by atoms with van der Waals surface area (Å²) in [6.07, 6.45) is 0.765. The standard InChI is InChI=1S/C22H22FN5OS/c1-2-28-19(26-27-22(28)30)13-24-20(29)11-9-16-17-12-15(23)8-10-18(17)25-21(16)14-6-4-3-5-7-14/h3-8,10,12,25H,2,9,11,13H2,1H3,(H,24,29)(H,27,30). The van der Waals surface area contributed by atoms with Gasteiger partial charge in [-0.05, 0) is 54.9 Å². The van der Waals surface area contributed by atoms with Crippen LogP contribution in [-0.2, 0) is 24.3 Å². The molecule has 154 valence electrons. The van der Waals surface area contributed by atoms with Gasteiger partial charge in [-0.15, -0.1) is 0 Å². The van der Waals surface area contributed by atoms with Crippen molar-refractivity contribution in [2.45, 2.75) is 32.9 Å². The molecule has 3 N–H and O–H groups in total. The third-order valence-electron chi connectivity index (χ3n) is 5.13. The number of amides is 1. The number of aryl methyl sites for hydroxylation is 1. The van der Waals surface area contributed by atoms with Crippen LogP contribution in [0.4, 0.5) is 4.39 Å². The molecule has 0 fully saturated rings. The lowest BCUT2D eigenvalue weighted by Crippen LogP contribution is -2.25. The highest BCUT2D eigenvalue weighted by molar-refractivity contribution is 7.71. The largest absolute Gasteiger partial charge is 0.354 e. The van der Waals surface area contributed by atoms with Crippen LogP contribution in [0.5, 0.6) is 0 Å². The molecule has 0 aliphatic heterocycles. The zero-order valence-electron chi connectivity index (χ0n) is 16.5. The van der Waals surface area contributed by atoms with Crippen LogP contribution < -0.4 is 5.32 Å². The van der Waals surface area contributed by atoms with E-state index in [4.69, 9.17) is 12.2 Å². The number of halogens is 1. The van der Waals surface area contributed by atoms with Crippen molar-refractivity contribution in [3.05, 3.63) is 70.5 Å². The molecular formula is C22H22FN5OS. The van der Waals surface area contributed by atoms with E-state index in [2.05, 4.69) is 20.5 Å². The van der Waals surface area contributed by atoms with Gasteiger partial charge < -0.3 is 14.9 Å². The minimum Gasteiger partial charge on any atom is -0.354 e. The first kappa shape index (κ1) is 20.0. The topological polar surface area (TPSA) is 78.5 Å². The number of aromatic amines is 2. The summed E-state index contributed by atoms with van der Waals surface area (Å²) in [5.41, 5.74) is 3.70. The average Bonchev–Trinajstić information content (AvgIpc) is 3.30. The van der Waals surface area contributed by atoms with E-state index in [1.54, 1.807) is 6.07 Å². The second-order valence-corrected chi connectivity index (χ2v) is 7.39. The smallest absolute Gasteiger partial charge is 0.220 e. The highest BCUT2D eigenvalue weighted by Crippen LogP contribution is 2.31. The van der Waals surface area contributed by atoms with Crippen molar-refractivity contribution in [3.8, 4) is 11.3 Å². The van der Waals surface area contributed by atoms with Crippen molar-refractivity contribution < 1.29 is 9.18 Å².